The minimum Gasteiger partial charge on any atom is -0.481 e. The average molecular weight is 207 g/mol. The van der Waals surface area contributed by atoms with Gasteiger partial charge >= 0.3 is 5.97 Å². The third kappa shape index (κ3) is 1.88. The molecule has 0 aliphatic heterocycles. The molecule has 0 aliphatic carbocycles. The molecule has 78 valence electrons. The zero-order valence-electron chi connectivity index (χ0n) is 8.02. The highest BCUT2D eigenvalue weighted by Crippen LogP contribution is 2.20. The number of nitrogens with one attached hydrogen (secondary N) is 1. The van der Waals surface area contributed by atoms with E-state index in [1.807, 2.05) is 0 Å². The van der Waals surface area contributed by atoms with E-state index >= 15 is 0 Å². The highest BCUT2D eigenvalue weighted by Gasteiger charge is 2.14. The molecule has 0 fully saturated rings. The van der Waals surface area contributed by atoms with E-state index in [0.29, 0.717) is 17.1 Å². The van der Waals surface area contributed by atoms with E-state index in [-0.39, 0.29) is 6.42 Å². The van der Waals surface area contributed by atoms with Crippen molar-refractivity contribution >= 4 is 5.97 Å². The van der Waals surface area contributed by atoms with Crippen molar-refractivity contribution in [2.24, 2.45) is 0 Å². The van der Waals surface area contributed by atoms with Gasteiger partial charge in [0.25, 0.3) is 0 Å². The van der Waals surface area contributed by atoms with Crippen LogP contribution < -0.4 is 0 Å². The number of aromatic nitrogens is 3. The number of carboxylic acid groups (broad SMARTS) is 1. The fraction of sp³-hybridized carbons (Fsp3) is 0.222. The number of carbonyl (C=O) groups is 1. The molecular weight excluding hydrogens is 198 g/mol. The average Bonchev–Trinajstić information content (AvgIpc) is 2.72. The van der Waals surface area contributed by atoms with Gasteiger partial charge in [-0.3, -0.25) is 9.89 Å². The Morgan fingerprint density at radius 2 is 2.47 bits per heavy atom. The van der Waals surface area contributed by atoms with Gasteiger partial charge in [-0.05, 0) is 6.92 Å². The Morgan fingerprint density at radius 1 is 1.67 bits per heavy atom. The molecule has 6 nitrogen and oxygen atoms in total. The minimum absolute atomic E-state index is 0.104. The monoisotopic (exact) mass is 207 g/mol. The molecule has 15 heavy (non-hydrogen) atoms. The molecule has 0 bridgehead atoms. The summed E-state index contributed by atoms with van der Waals surface area (Å²) in [5.41, 5.74) is 1.82. The van der Waals surface area contributed by atoms with Crippen molar-refractivity contribution in [1.29, 1.82) is 0 Å². The van der Waals surface area contributed by atoms with Crippen LogP contribution in [0, 0.1) is 6.92 Å². The number of aryl methyl sites for hydroxylation is 1. The maximum absolute atomic E-state index is 10.6. The quantitative estimate of drug-likeness (QED) is 0.783. The van der Waals surface area contributed by atoms with Gasteiger partial charge in [0.2, 0.25) is 5.89 Å². The third-order valence-electron chi connectivity index (χ3n) is 1.89. The third-order valence-corrected chi connectivity index (χ3v) is 1.89. The number of aromatic amines is 1. The van der Waals surface area contributed by atoms with Gasteiger partial charge in [-0.1, -0.05) is 0 Å². The molecule has 0 spiro atoms. The summed E-state index contributed by atoms with van der Waals surface area (Å²) < 4.78 is 5.16. The summed E-state index contributed by atoms with van der Waals surface area (Å²) in [6, 6.07) is 0. The zero-order chi connectivity index (χ0) is 10.8. The van der Waals surface area contributed by atoms with Gasteiger partial charge in [0.1, 0.15) is 12.0 Å². The lowest BCUT2D eigenvalue weighted by molar-refractivity contribution is -0.136. The minimum atomic E-state index is -0.916. The molecule has 0 saturated heterocycles. The number of carboxylic acids is 1. The van der Waals surface area contributed by atoms with E-state index in [4.69, 9.17) is 9.52 Å². The standard InChI is InChI=1S/C9H9N3O3/c1-5-4-15-9(11-5)8-6(2-7(13)14)3-10-12-8/h3-4H,2H2,1H3,(H,10,12)(H,13,14). The summed E-state index contributed by atoms with van der Waals surface area (Å²) in [5.74, 6) is -0.554. The summed E-state index contributed by atoms with van der Waals surface area (Å²) >= 11 is 0. The highest BCUT2D eigenvalue weighted by atomic mass is 16.4. The zero-order valence-corrected chi connectivity index (χ0v) is 8.02. The molecule has 0 unspecified atom stereocenters. The van der Waals surface area contributed by atoms with Crippen molar-refractivity contribution in [3.8, 4) is 11.6 Å². The van der Waals surface area contributed by atoms with Crippen LogP contribution in [-0.2, 0) is 11.2 Å². The van der Waals surface area contributed by atoms with Crippen LogP contribution >= 0.6 is 0 Å². The van der Waals surface area contributed by atoms with Crippen molar-refractivity contribution in [2.75, 3.05) is 0 Å². The molecule has 0 saturated carbocycles. The van der Waals surface area contributed by atoms with Gasteiger partial charge in [0, 0.05) is 5.56 Å². The topological polar surface area (TPSA) is 92.0 Å². The molecular formula is C9H9N3O3. The van der Waals surface area contributed by atoms with E-state index in [9.17, 15) is 4.79 Å². The molecule has 6 heteroatoms. The summed E-state index contributed by atoms with van der Waals surface area (Å²) in [4.78, 5) is 14.7. The number of nitrogens with zero attached hydrogens (tertiary/aromatic N) is 2. The Balaban J connectivity index is 2.36. The Kier molecular flexibility index (Phi) is 2.24. The van der Waals surface area contributed by atoms with E-state index in [2.05, 4.69) is 15.2 Å². The fourth-order valence-electron chi connectivity index (χ4n) is 1.26. The summed E-state index contributed by atoms with van der Waals surface area (Å²) in [6.45, 7) is 1.79. The predicted octanol–water partition coefficient (Wildman–Crippen LogP) is 1.00. The van der Waals surface area contributed by atoms with Gasteiger partial charge in [0.15, 0.2) is 0 Å². The van der Waals surface area contributed by atoms with Crippen LogP contribution in [0.15, 0.2) is 16.9 Å². The predicted molar refractivity (Wildman–Crippen MR) is 50.2 cm³/mol. The first kappa shape index (κ1) is 9.45. The highest BCUT2D eigenvalue weighted by molar-refractivity contribution is 5.73. The summed E-state index contributed by atoms with van der Waals surface area (Å²) in [7, 11) is 0. The SMILES string of the molecule is Cc1coc(-c2[nH]ncc2CC(=O)O)n1. The first-order chi connectivity index (χ1) is 7.16. The van der Waals surface area contributed by atoms with E-state index in [0.717, 1.165) is 5.69 Å². The number of H-pyrrole nitrogens is 1. The van der Waals surface area contributed by atoms with E-state index < -0.39 is 5.97 Å². The normalized spacial score (nSPS) is 10.5. The van der Waals surface area contributed by atoms with Gasteiger partial charge in [-0.15, -0.1) is 0 Å². The largest absolute Gasteiger partial charge is 0.481 e. The van der Waals surface area contributed by atoms with Crippen molar-refractivity contribution in [3.63, 3.8) is 0 Å². The summed E-state index contributed by atoms with van der Waals surface area (Å²) in [5, 5.41) is 15.1. The van der Waals surface area contributed by atoms with Crippen LogP contribution in [0.5, 0.6) is 0 Å². The van der Waals surface area contributed by atoms with E-state index in [1.165, 1.54) is 12.5 Å². The van der Waals surface area contributed by atoms with Crippen LogP contribution in [0.1, 0.15) is 11.3 Å². The molecule has 0 atom stereocenters. The Hall–Kier alpha value is -2.11. The second-order valence-corrected chi connectivity index (χ2v) is 3.13. The van der Waals surface area contributed by atoms with Crippen molar-refractivity contribution in [3.05, 3.63) is 23.7 Å². The van der Waals surface area contributed by atoms with Crippen molar-refractivity contribution in [2.45, 2.75) is 13.3 Å². The molecule has 2 rings (SSSR count). The molecule has 0 amide bonds. The van der Waals surface area contributed by atoms with Crippen LogP contribution in [-0.4, -0.2) is 26.3 Å². The first-order valence-corrected chi connectivity index (χ1v) is 4.33. The lowest BCUT2D eigenvalue weighted by atomic mass is 10.2. The second-order valence-electron chi connectivity index (χ2n) is 3.13. The van der Waals surface area contributed by atoms with Gasteiger partial charge in [0.05, 0.1) is 18.3 Å². The molecule has 2 aromatic heterocycles. The van der Waals surface area contributed by atoms with Gasteiger partial charge in [-0.25, -0.2) is 4.98 Å². The lowest BCUT2D eigenvalue weighted by Gasteiger charge is -1.94. The smallest absolute Gasteiger partial charge is 0.307 e. The number of aliphatic carboxylic acids is 1. The second kappa shape index (κ2) is 3.56. The van der Waals surface area contributed by atoms with Crippen LogP contribution in [0.4, 0.5) is 0 Å². The van der Waals surface area contributed by atoms with Crippen LogP contribution in [0.3, 0.4) is 0 Å². The summed E-state index contributed by atoms with van der Waals surface area (Å²) in [6.07, 6.45) is 2.86. The maximum Gasteiger partial charge on any atom is 0.307 e. The van der Waals surface area contributed by atoms with Crippen LogP contribution in [0.2, 0.25) is 0 Å². The number of hydrogen-bond acceptors (Lipinski definition) is 4. The molecule has 0 aliphatic rings. The number of rotatable bonds is 3. The fourth-order valence-corrected chi connectivity index (χ4v) is 1.26. The Bertz CT molecular complexity index is 486. The molecule has 2 heterocycles. The van der Waals surface area contributed by atoms with Gasteiger partial charge in [-0.2, -0.15) is 5.10 Å². The van der Waals surface area contributed by atoms with Gasteiger partial charge < -0.3 is 9.52 Å². The Morgan fingerprint density at radius 3 is 3.07 bits per heavy atom. The van der Waals surface area contributed by atoms with Crippen LogP contribution in [0.25, 0.3) is 11.6 Å². The molecule has 2 N–H and O–H groups in total. The Labute approximate surface area is 85.0 Å². The number of oxazole rings is 1. The maximum atomic E-state index is 10.6. The molecule has 0 radical (unpaired) electrons. The lowest BCUT2D eigenvalue weighted by Crippen LogP contribution is -2.00. The first-order valence-electron chi connectivity index (χ1n) is 4.33. The molecule has 2 aromatic rings. The van der Waals surface area contributed by atoms with Crippen molar-refractivity contribution < 1.29 is 14.3 Å². The van der Waals surface area contributed by atoms with Crippen molar-refractivity contribution in [1.82, 2.24) is 15.2 Å². The number of hydrogen-bond donors (Lipinski definition) is 2. The molecule has 0 aromatic carbocycles. The van der Waals surface area contributed by atoms with E-state index in [1.54, 1.807) is 6.92 Å².